The van der Waals surface area contributed by atoms with Crippen molar-refractivity contribution in [3.05, 3.63) is 92.9 Å². The Balaban J connectivity index is 1.76. The Morgan fingerprint density at radius 1 is 1.29 bits per heavy atom. The Kier molecular flexibility index (Phi) is 7.85. The number of rotatable bonds is 8. The average Bonchev–Trinajstić information content (AvgIpc) is 3.19. The van der Waals surface area contributed by atoms with E-state index < -0.39 is 5.91 Å². The SMILES string of the molecule is C=CCOc1ccc(Cl)cc1/C=C(\C#N)C(=O)Nc1ncc(Cc2ccccc2Cl)s1. The number of nitrogens with zero attached hydrogens (tertiary/aromatic N) is 2. The molecule has 8 heteroatoms. The van der Waals surface area contributed by atoms with Crippen LogP contribution in [0.5, 0.6) is 5.75 Å². The third-order valence-electron chi connectivity index (χ3n) is 4.09. The highest BCUT2D eigenvalue weighted by Crippen LogP contribution is 2.27. The molecule has 1 aromatic heterocycles. The van der Waals surface area contributed by atoms with Gasteiger partial charge in [-0.05, 0) is 35.9 Å². The molecule has 156 valence electrons. The van der Waals surface area contributed by atoms with Gasteiger partial charge < -0.3 is 4.74 Å². The molecule has 0 unspecified atom stereocenters. The minimum absolute atomic E-state index is 0.103. The largest absolute Gasteiger partial charge is 0.489 e. The molecule has 0 aliphatic rings. The van der Waals surface area contributed by atoms with E-state index in [0.29, 0.717) is 32.9 Å². The summed E-state index contributed by atoms with van der Waals surface area (Å²) in [6.45, 7) is 3.89. The molecule has 1 N–H and O–H groups in total. The van der Waals surface area contributed by atoms with Gasteiger partial charge in [-0.2, -0.15) is 5.26 Å². The number of aromatic nitrogens is 1. The van der Waals surface area contributed by atoms with Crippen LogP contribution in [0.25, 0.3) is 6.08 Å². The van der Waals surface area contributed by atoms with Crippen molar-refractivity contribution in [3.63, 3.8) is 0 Å². The predicted molar refractivity (Wildman–Crippen MR) is 126 cm³/mol. The highest BCUT2D eigenvalue weighted by molar-refractivity contribution is 7.15. The third kappa shape index (κ3) is 6.19. The normalized spacial score (nSPS) is 10.9. The second-order valence-electron chi connectivity index (χ2n) is 6.31. The molecule has 5 nitrogen and oxygen atoms in total. The maximum atomic E-state index is 12.6. The standard InChI is InChI=1S/C23H17Cl2N3O2S/c1-2-9-30-21-8-7-18(24)11-16(21)10-17(13-26)22(29)28-23-27-14-19(31-23)12-15-5-3-4-6-20(15)25/h2-8,10-11,14H,1,9,12H2,(H,27,28,29)/b17-10+. The van der Waals surface area contributed by atoms with Crippen molar-refractivity contribution < 1.29 is 9.53 Å². The predicted octanol–water partition coefficient (Wildman–Crippen LogP) is 6.15. The minimum Gasteiger partial charge on any atom is -0.489 e. The van der Waals surface area contributed by atoms with Crippen molar-refractivity contribution in [1.29, 1.82) is 5.26 Å². The molecule has 0 saturated heterocycles. The Morgan fingerprint density at radius 3 is 2.84 bits per heavy atom. The highest BCUT2D eigenvalue weighted by atomic mass is 35.5. The first-order chi connectivity index (χ1) is 15.0. The number of anilines is 1. The monoisotopic (exact) mass is 469 g/mol. The molecular weight excluding hydrogens is 453 g/mol. The first-order valence-corrected chi connectivity index (χ1v) is 10.7. The summed E-state index contributed by atoms with van der Waals surface area (Å²) in [6.07, 6.45) is 5.30. The Labute approximate surface area is 194 Å². The fourth-order valence-corrected chi connectivity index (χ4v) is 3.87. The van der Waals surface area contributed by atoms with Crippen LogP contribution in [0.4, 0.5) is 5.13 Å². The molecule has 0 radical (unpaired) electrons. The van der Waals surface area contributed by atoms with Crippen LogP contribution >= 0.6 is 34.5 Å². The van der Waals surface area contributed by atoms with E-state index in [1.807, 2.05) is 30.3 Å². The number of carbonyl (C=O) groups is 1. The number of nitrogens with one attached hydrogen (secondary N) is 1. The summed E-state index contributed by atoms with van der Waals surface area (Å²) in [4.78, 5) is 17.8. The van der Waals surface area contributed by atoms with Gasteiger partial charge in [0, 0.05) is 33.1 Å². The van der Waals surface area contributed by atoms with Crippen molar-refractivity contribution in [2.75, 3.05) is 11.9 Å². The van der Waals surface area contributed by atoms with Gasteiger partial charge in [-0.15, -0.1) is 11.3 Å². The van der Waals surface area contributed by atoms with Crippen LogP contribution in [-0.4, -0.2) is 17.5 Å². The zero-order chi connectivity index (χ0) is 22.2. The molecule has 0 aliphatic carbocycles. The van der Waals surface area contributed by atoms with E-state index in [0.717, 1.165) is 10.4 Å². The van der Waals surface area contributed by atoms with Crippen LogP contribution < -0.4 is 10.1 Å². The van der Waals surface area contributed by atoms with E-state index >= 15 is 0 Å². The lowest BCUT2D eigenvalue weighted by Crippen LogP contribution is -2.13. The number of benzene rings is 2. The van der Waals surface area contributed by atoms with Crippen LogP contribution in [0.15, 0.2) is 66.9 Å². The summed E-state index contributed by atoms with van der Waals surface area (Å²) >= 11 is 13.6. The van der Waals surface area contributed by atoms with Gasteiger partial charge in [-0.25, -0.2) is 4.98 Å². The number of ether oxygens (including phenoxy) is 1. The lowest BCUT2D eigenvalue weighted by Gasteiger charge is -2.08. The highest BCUT2D eigenvalue weighted by Gasteiger charge is 2.14. The molecule has 1 heterocycles. The van der Waals surface area contributed by atoms with Gasteiger partial charge in [-0.3, -0.25) is 10.1 Å². The van der Waals surface area contributed by atoms with Gasteiger partial charge in [0.2, 0.25) is 0 Å². The Hall–Kier alpha value is -3.11. The topological polar surface area (TPSA) is 75.0 Å². The van der Waals surface area contributed by atoms with Gasteiger partial charge in [0.05, 0.1) is 0 Å². The van der Waals surface area contributed by atoms with Crippen LogP contribution in [-0.2, 0) is 11.2 Å². The summed E-state index contributed by atoms with van der Waals surface area (Å²) in [5.74, 6) is -0.0862. The third-order valence-corrected chi connectivity index (χ3v) is 5.61. The zero-order valence-corrected chi connectivity index (χ0v) is 18.6. The number of halogens is 2. The number of hydrogen-bond acceptors (Lipinski definition) is 5. The van der Waals surface area contributed by atoms with E-state index in [1.165, 1.54) is 17.4 Å². The molecule has 0 saturated carbocycles. The van der Waals surface area contributed by atoms with Crippen molar-refractivity contribution in [2.45, 2.75) is 6.42 Å². The first-order valence-electron chi connectivity index (χ1n) is 9.14. The molecule has 0 fully saturated rings. The molecule has 0 spiro atoms. The molecule has 3 aromatic rings. The van der Waals surface area contributed by atoms with E-state index in [9.17, 15) is 10.1 Å². The van der Waals surface area contributed by atoms with Crippen molar-refractivity contribution in [2.24, 2.45) is 0 Å². The van der Waals surface area contributed by atoms with Crippen LogP contribution in [0, 0.1) is 11.3 Å². The van der Waals surface area contributed by atoms with Gasteiger partial charge in [0.25, 0.3) is 5.91 Å². The van der Waals surface area contributed by atoms with E-state index in [1.54, 1.807) is 30.5 Å². The smallest absolute Gasteiger partial charge is 0.268 e. The number of nitriles is 1. The maximum Gasteiger partial charge on any atom is 0.268 e. The van der Waals surface area contributed by atoms with Crippen LogP contribution in [0.1, 0.15) is 16.0 Å². The maximum absolute atomic E-state index is 12.6. The van der Waals surface area contributed by atoms with Crippen molar-refractivity contribution in [3.8, 4) is 11.8 Å². The fourth-order valence-electron chi connectivity index (χ4n) is 2.66. The Morgan fingerprint density at radius 2 is 2.10 bits per heavy atom. The molecule has 3 rings (SSSR count). The van der Waals surface area contributed by atoms with Gasteiger partial charge in [0.1, 0.15) is 24.0 Å². The zero-order valence-electron chi connectivity index (χ0n) is 16.3. The summed E-state index contributed by atoms with van der Waals surface area (Å²) in [5.41, 5.74) is 1.38. The first kappa shape index (κ1) is 22.6. The summed E-state index contributed by atoms with van der Waals surface area (Å²) in [5, 5.41) is 13.7. The fraction of sp³-hybridized carbons (Fsp3) is 0.0870. The quantitative estimate of drug-likeness (QED) is 0.243. The van der Waals surface area contributed by atoms with E-state index in [2.05, 4.69) is 16.9 Å². The number of thiazole rings is 1. The average molecular weight is 470 g/mol. The van der Waals surface area contributed by atoms with Crippen LogP contribution in [0.2, 0.25) is 10.0 Å². The molecular formula is C23H17Cl2N3O2S. The lowest BCUT2D eigenvalue weighted by atomic mass is 10.1. The lowest BCUT2D eigenvalue weighted by molar-refractivity contribution is -0.112. The van der Waals surface area contributed by atoms with E-state index in [-0.39, 0.29) is 12.2 Å². The van der Waals surface area contributed by atoms with Gasteiger partial charge >= 0.3 is 0 Å². The molecule has 0 bridgehead atoms. The van der Waals surface area contributed by atoms with Crippen molar-refractivity contribution >= 4 is 51.7 Å². The second-order valence-corrected chi connectivity index (χ2v) is 8.26. The molecule has 0 aliphatic heterocycles. The summed E-state index contributed by atoms with van der Waals surface area (Å²) in [7, 11) is 0. The van der Waals surface area contributed by atoms with Crippen molar-refractivity contribution in [1.82, 2.24) is 4.98 Å². The Bertz CT molecular complexity index is 1180. The summed E-state index contributed by atoms with van der Waals surface area (Å²) in [6, 6.07) is 14.4. The number of hydrogen-bond donors (Lipinski definition) is 1. The van der Waals surface area contributed by atoms with Gasteiger partial charge in [0.15, 0.2) is 5.13 Å². The minimum atomic E-state index is -0.573. The number of amides is 1. The number of carbonyl (C=O) groups excluding carboxylic acids is 1. The molecule has 1 amide bonds. The molecule has 2 aromatic carbocycles. The second kappa shape index (κ2) is 10.8. The van der Waals surface area contributed by atoms with Gasteiger partial charge in [-0.1, -0.05) is 54.1 Å². The van der Waals surface area contributed by atoms with E-state index in [4.69, 9.17) is 27.9 Å². The summed E-state index contributed by atoms with van der Waals surface area (Å²) < 4.78 is 5.57. The van der Waals surface area contributed by atoms with Crippen LogP contribution in [0.3, 0.4) is 0 Å². The molecule has 31 heavy (non-hydrogen) atoms. The molecule has 0 atom stereocenters.